The van der Waals surface area contributed by atoms with Gasteiger partial charge in [-0.05, 0) is 12.8 Å². The second-order valence-corrected chi connectivity index (χ2v) is 5.30. The molecule has 0 aliphatic carbocycles. The fourth-order valence-electron chi connectivity index (χ4n) is 1.53. The minimum atomic E-state index is -1.13. The molecule has 0 fully saturated rings. The summed E-state index contributed by atoms with van der Waals surface area (Å²) in [6, 6.07) is 1.21. The summed E-state index contributed by atoms with van der Waals surface area (Å²) in [5.41, 5.74) is -1.04. The van der Waals surface area contributed by atoms with E-state index in [1.54, 1.807) is 13.8 Å². The van der Waals surface area contributed by atoms with Crippen molar-refractivity contribution < 1.29 is 24.2 Å². The molecule has 0 bridgehead atoms. The monoisotopic (exact) mass is 283 g/mol. The standard InChI is InChI=1S/C14H21NO5/c1-5-10-9(13(17)18)6-11(20-10)12(16)15-7-14(4,19)8(2)3/h6,8,19H,5,7H2,1-4H3,(H,15,16)(H,17,18). The van der Waals surface area contributed by atoms with Crippen LogP contribution in [0, 0.1) is 5.92 Å². The molecule has 1 amide bonds. The number of carbonyl (C=O) groups excluding carboxylic acids is 1. The van der Waals surface area contributed by atoms with Gasteiger partial charge >= 0.3 is 5.97 Å². The van der Waals surface area contributed by atoms with Gasteiger partial charge < -0.3 is 19.9 Å². The number of aryl methyl sites for hydroxylation is 1. The van der Waals surface area contributed by atoms with Crippen LogP contribution in [0.2, 0.25) is 0 Å². The van der Waals surface area contributed by atoms with Crippen molar-refractivity contribution in [1.82, 2.24) is 5.32 Å². The first-order valence-corrected chi connectivity index (χ1v) is 6.55. The maximum atomic E-state index is 11.9. The number of carboxylic acid groups (broad SMARTS) is 1. The van der Waals surface area contributed by atoms with Gasteiger partial charge in [-0.15, -0.1) is 0 Å². The molecule has 1 unspecified atom stereocenters. The van der Waals surface area contributed by atoms with E-state index in [0.717, 1.165) is 0 Å². The van der Waals surface area contributed by atoms with Crippen LogP contribution in [0.4, 0.5) is 0 Å². The van der Waals surface area contributed by atoms with Crippen LogP contribution in [0.1, 0.15) is 54.4 Å². The molecule has 20 heavy (non-hydrogen) atoms. The number of rotatable bonds is 6. The molecular formula is C14H21NO5. The lowest BCUT2D eigenvalue weighted by Gasteiger charge is -2.27. The van der Waals surface area contributed by atoms with Gasteiger partial charge in [-0.1, -0.05) is 20.8 Å². The Morgan fingerprint density at radius 2 is 2.05 bits per heavy atom. The van der Waals surface area contributed by atoms with E-state index in [2.05, 4.69) is 5.32 Å². The van der Waals surface area contributed by atoms with Crippen LogP contribution in [-0.4, -0.2) is 34.2 Å². The minimum Gasteiger partial charge on any atom is -0.478 e. The number of hydrogen-bond acceptors (Lipinski definition) is 4. The Morgan fingerprint density at radius 3 is 2.45 bits per heavy atom. The van der Waals surface area contributed by atoms with Crippen molar-refractivity contribution in [3.05, 3.63) is 23.2 Å². The van der Waals surface area contributed by atoms with E-state index in [-0.39, 0.29) is 29.5 Å². The first kappa shape index (κ1) is 16.2. The zero-order chi connectivity index (χ0) is 15.5. The average Bonchev–Trinajstić information content (AvgIpc) is 2.80. The highest BCUT2D eigenvalue weighted by molar-refractivity contribution is 5.96. The summed E-state index contributed by atoms with van der Waals surface area (Å²) in [5, 5.41) is 21.6. The third-order valence-corrected chi connectivity index (χ3v) is 3.43. The Balaban J connectivity index is 2.81. The molecule has 3 N–H and O–H groups in total. The lowest BCUT2D eigenvalue weighted by atomic mass is 9.92. The molecule has 1 atom stereocenters. The SMILES string of the molecule is CCc1oc(C(=O)NCC(C)(O)C(C)C)cc1C(=O)O. The number of carbonyl (C=O) groups is 2. The highest BCUT2D eigenvalue weighted by Crippen LogP contribution is 2.18. The van der Waals surface area contributed by atoms with Crippen LogP contribution >= 0.6 is 0 Å². The van der Waals surface area contributed by atoms with Gasteiger partial charge in [-0.25, -0.2) is 4.79 Å². The van der Waals surface area contributed by atoms with Crippen LogP contribution in [0.3, 0.4) is 0 Å². The molecule has 0 spiro atoms. The second-order valence-electron chi connectivity index (χ2n) is 5.30. The van der Waals surface area contributed by atoms with Gasteiger partial charge in [0.1, 0.15) is 11.3 Å². The summed E-state index contributed by atoms with van der Waals surface area (Å²) in [5.74, 6) is -1.48. The van der Waals surface area contributed by atoms with Gasteiger partial charge in [-0.2, -0.15) is 0 Å². The average molecular weight is 283 g/mol. The van der Waals surface area contributed by atoms with Crippen LogP contribution in [0.25, 0.3) is 0 Å². The van der Waals surface area contributed by atoms with Gasteiger partial charge in [0.15, 0.2) is 5.76 Å². The van der Waals surface area contributed by atoms with Crippen LogP contribution < -0.4 is 5.32 Å². The Labute approximate surface area is 117 Å². The van der Waals surface area contributed by atoms with E-state index >= 15 is 0 Å². The van der Waals surface area contributed by atoms with Crippen molar-refractivity contribution in [2.45, 2.75) is 39.7 Å². The zero-order valence-corrected chi connectivity index (χ0v) is 12.2. The van der Waals surface area contributed by atoms with Gasteiger partial charge in [0.25, 0.3) is 5.91 Å². The summed E-state index contributed by atoms with van der Waals surface area (Å²) >= 11 is 0. The molecule has 1 rings (SSSR count). The number of amides is 1. The molecule has 1 aromatic rings. The van der Waals surface area contributed by atoms with Gasteiger partial charge in [-0.3, -0.25) is 4.79 Å². The zero-order valence-electron chi connectivity index (χ0n) is 12.2. The second kappa shape index (κ2) is 6.09. The summed E-state index contributed by atoms with van der Waals surface area (Å²) in [6.07, 6.45) is 0.388. The summed E-state index contributed by atoms with van der Waals surface area (Å²) in [6.45, 7) is 7.12. The van der Waals surface area contributed by atoms with Crippen molar-refractivity contribution in [3.8, 4) is 0 Å². The first-order chi connectivity index (χ1) is 9.19. The molecule has 0 aliphatic heterocycles. The Hall–Kier alpha value is -1.82. The van der Waals surface area contributed by atoms with Crippen molar-refractivity contribution in [2.75, 3.05) is 6.54 Å². The van der Waals surface area contributed by atoms with Crippen molar-refractivity contribution >= 4 is 11.9 Å². The molecule has 6 nitrogen and oxygen atoms in total. The first-order valence-electron chi connectivity index (χ1n) is 6.55. The third-order valence-electron chi connectivity index (χ3n) is 3.43. The lowest BCUT2D eigenvalue weighted by molar-refractivity contribution is 0.0139. The molecule has 6 heteroatoms. The molecule has 112 valence electrons. The van der Waals surface area contributed by atoms with Crippen molar-refractivity contribution in [2.24, 2.45) is 5.92 Å². The van der Waals surface area contributed by atoms with Crippen molar-refractivity contribution in [3.63, 3.8) is 0 Å². The lowest BCUT2D eigenvalue weighted by Crippen LogP contribution is -2.44. The van der Waals surface area contributed by atoms with Crippen LogP contribution in [-0.2, 0) is 6.42 Å². The maximum absolute atomic E-state index is 11.9. The van der Waals surface area contributed by atoms with E-state index in [9.17, 15) is 14.7 Å². The molecular weight excluding hydrogens is 262 g/mol. The molecule has 0 radical (unpaired) electrons. The number of aliphatic hydroxyl groups is 1. The fraction of sp³-hybridized carbons (Fsp3) is 0.571. The van der Waals surface area contributed by atoms with E-state index in [1.165, 1.54) is 6.07 Å². The Kier molecular flexibility index (Phi) is 4.94. The molecule has 0 aliphatic rings. The minimum absolute atomic E-state index is 0.00623. The highest BCUT2D eigenvalue weighted by Gasteiger charge is 2.27. The predicted molar refractivity (Wildman–Crippen MR) is 72.8 cm³/mol. The summed E-state index contributed by atoms with van der Waals surface area (Å²) in [4.78, 5) is 22.9. The number of nitrogens with one attached hydrogen (secondary N) is 1. The van der Waals surface area contributed by atoms with Gasteiger partial charge in [0.2, 0.25) is 0 Å². The van der Waals surface area contributed by atoms with Crippen molar-refractivity contribution in [1.29, 1.82) is 0 Å². The Morgan fingerprint density at radius 1 is 1.45 bits per heavy atom. The number of carboxylic acids is 1. The molecule has 0 saturated heterocycles. The van der Waals surface area contributed by atoms with Gasteiger partial charge in [0.05, 0.1) is 5.60 Å². The van der Waals surface area contributed by atoms with E-state index in [1.807, 2.05) is 13.8 Å². The maximum Gasteiger partial charge on any atom is 0.339 e. The summed E-state index contributed by atoms with van der Waals surface area (Å²) in [7, 11) is 0. The molecule has 1 aromatic heterocycles. The van der Waals surface area contributed by atoms with E-state index in [4.69, 9.17) is 9.52 Å². The number of furan rings is 1. The van der Waals surface area contributed by atoms with Crippen LogP contribution in [0.15, 0.2) is 10.5 Å². The Bertz CT molecular complexity index is 502. The summed E-state index contributed by atoms with van der Waals surface area (Å²) < 4.78 is 5.24. The molecule has 0 aromatic carbocycles. The number of aromatic carboxylic acids is 1. The largest absolute Gasteiger partial charge is 0.478 e. The fourth-order valence-corrected chi connectivity index (χ4v) is 1.53. The van der Waals surface area contributed by atoms with E-state index < -0.39 is 17.5 Å². The topological polar surface area (TPSA) is 99.8 Å². The highest BCUT2D eigenvalue weighted by atomic mass is 16.4. The van der Waals surface area contributed by atoms with Gasteiger partial charge in [0, 0.05) is 19.0 Å². The van der Waals surface area contributed by atoms with Crippen LogP contribution in [0.5, 0.6) is 0 Å². The van der Waals surface area contributed by atoms with E-state index in [0.29, 0.717) is 6.42 Å². The predicted octanol–water partition coefficient (Wildman–Crippen LogP) is 1.68. The smallest absolute Gasteiger partial charge is 0.339 e. The quantitative estimate of drug-likeness (QED) is 0.737. The number of hydrogen-bond donors (Lipinski definition) is 3. The molecule has 1 heterocycles. The molecule has 0 saturated carbocycles. The normalized spacial score (nSPS) is 14.1. The third kappa shape index (κ3) is 3.60.